The second-order valence-electron chi connectivity index (χ2n) is 3.47. The first-order chi connectivity index (χ1) is 8.12. The highest BCUT2D eigenvalue weighted by molar-refractivity contribution is 6.27. The van der Waals surface area contributed by atoms with Crippen LogP contribution >= 0.6 is 23.2 Å². The first kappa shape index (κ1) is 14.0. The Balaban J connectivity index is 3.04. The van der Waals surface area contributed by atoms with Gasteiger partial charge in [-0.3, -0.25) is 4.79 Å². The zero-order chi connectivity index (χ0) is 12.8. The van der Waals surface area contributed by atoms with Gasteiger partial charge in [0.1, 0.15) is 0 Å². The number of esters is 1. The first-order valence-electron chi connectivity index (χ1n) is 4.96. The van der Waals surface area contributed by atoms with Crippen molar-refractivity contribution >= 4 is 35.0 Å². The summed E-state index contributed by atoms with van der Waals surface area (Å²) in [5.74, 6) is -0.374. The SMILES string of the molecule is COC(=O)c1cc(CC(=O)CCl)ccc1CCl. The highest BCUT2D eigenvalue weighted by Crippen LogP contribution is 2.16. The van der Waals surface area contributed by atoms with E-state index < -0.39 is 5.97 Å². The van der Waals surface area contributed by atoms with Gasteiger partial charge in [0.05, 0.1) is 18.6 Å². The van der Waals surface area contributed by atoms with Crippen LogP contribution in [0.15, 0.2) is 18.2 Å². The lowest BCUT2D eigenvalue weighted by molar-refractivity contribution is -0.116. The molecule has 0 spiro atoms. The molecule has 0 saturated carbocycles. The minimum atomic E-state index is -0.458. The molecule has 0 atom stereocenters. The number of hydrogen-bond donors (Lipinski definition) is 0. The van der Waals surface area contributed by atoms with E-state index in [2.05, 4.69) is 4.74 Å². The van der Waals surface area contributed by atoms with Crippen molar-refractivity contribution in [1.29, 1.82) is 0 Å². The van der Waals surface area contributed by atoms with Gasteiger partial charge in [0.2, 0.25) is 0 Å². The van der Waals surface area contributed by atoms with Gasteiger partial charge in [0.15, 0.2) is 5.78 Å². The van der Waals surface area contributed by atoms with Crippen molar-refractivity contribution in [3.63, 3.8) is 0 Å². The van der Waals surface area contributed by atoms with Crippen molar-refractivity contribution in [2.24, 2.45) is 0 Å². The van der Waals surface area contributed by atoms with E-state index in [1.165, 1.54) is 7.11 Å². The summed E-state index contributed by atoms with van der Waals surface area (Å²) in [6.45, 7) is 0. The second-order valence-corrected chi connectivity index (χ2v) is 4.00. The van der Waals surface area contributed by atoms with Gasteiger partial charge in [-0.2, -0.15) is 0 Å². The van der Waals surface area contributed by atoms with Gasteiger partial charge in [0.25, 0.3) is 0 Å². The van der Waals surface area contributed by atoms with Gasteiger partial charge in [-0.15, -0.1) is 23.2 Å². The van der Waals surface area contributed by atoms with Crippen molar-refractivity contribution < 1.29 is 14.3 Å². The molecule has 0 N–H and O–H groups in total. The summed E-state index contributed by atoms with van der Waals surface area (Å²) in [7, 11) is 1.30. The third-order valence-electron chi connectivity index (χ3n) is 2.27. The average molecular weight is 275 g/mol. The van der Waals surface area contributed by atoms with E-state index in [-0.39, 0.29) is 24.0 Å². The molecule has 0 amide bonds. The minimum Gasteiger partial charge on any atom is -0.465 e. The monoisotopic (exact) mass is 274 g/mol. The van der Waals surface area contributed by atoms with Crippen molar-refractivity contribution in [2.75, 3.05) is 13.0 Å². The van der Waals surface area contributed by atoms with Crippen LogP contribution in [-0.4, -0.2) is 24.7 Å². The number of hydrogen-bond acceptors (Lipinski definition) is 3. The molecule has 1 rings (SSSR count). The van der Waals surface area contributed by atoms with E-state index in [0.29, 0.717) is 11.1 Å². The highest BCUT2D eigenvalue weighted by atomic mass is 35.5. The van der Waals surface area contributed by atoms with Crippen LogP contribution in [0.5, 0.6) is 0 Å². The summed E-state index contributed by atoms with van der Waals surface area (Å²) in [6.07, 6.45) is 0.204. The zero-order valence-corrected chi connectivity index (χ0v) is 10.8. The summed E-state index contributed by atoms with van der Waals surface area (Å²) < 4.78 is 4.66. The van der Waals surface area contributed by atoms with Crippen molar-refractivity contribution in [1.82, 2.24) is 0 Å². The summed E-state index contributed by atoms with van der Waals surface area (Å²) in [4.78, 5) is 22.7. The zero-order valence-electron chi connectivity index (χ0n) is 9.33. The number of halogens is 2. The Hall–Kier alpha value is -1.06. The summed E-state index contributed by atoms with van der Waals surface area (Å²) >= 11 is 11.2. The van der Waals surface area contributed by atoms with Crippen LogP contribution in [-0.2, 0) is 21.8 Å². The first-order valence-corrected chi connectivity index (χ1v) is 6.03. The molecule has 0 heterocycles. The number of ketones is 1. The Kier molecular flexibility index (Phi) is 5.45. The van der Waals surface area contributed by atoms with Crippen LogP contribution < -0.4 is 0 Å². The van der Waals surface area contributed by atoms with E-state index in [4.69, 9.17) is 23.2 Å². The quantitative estimate of drug-likeness (QED) is 0.612. The van der Waals surface area contributed by atoms with Crippen molar-refractivity contribution in [3.05, 3.63) is 34.9 Å². The van der Waals surface area contributed by atoms with Crippen molar-refractivity contribution in [2.45, 2.75) is 12.3 Å². The molecule has 0 unspecified atom stereocenters. The largest absolute Gasteiger partial charge is 0.465 e. The number of benzene rings is 1. The highest BCUT2D eigenvalue weighted by Gasteiger charge is 2.13. The topological polar surface area (TPSA) is 43.4 Å². The summed E-state index contributed by atoms with van der Waals surface area (Å²) in [5, 5.41) is 0. The van der Waals surface area contributed by atoms with Crippen LogP contribution in [0.3, 0.4) is 0 Å². The Morgan fingerprint density at radius 2 is 2.00 bits per heavy atom. The fraction of sp³-hybridized carbons (Fsp3) is 0.333. The molecule has 0 saturated heterocycles. The normalized spacial score (nSPS) is 10.1. The molecule has 5 heteroatoms. The van der Waals surface area contributed by atoms with Crippen LogP contribution in [0.2, 0.25) is 0 Å². The van der Waals surface area contributed by atoms with Crippen LogP contribution in [0.25, 0.3) is 0 Å². The van der Waals surface area contributed by atoms with Crippen LogP contribution in [0, 0.1) is 0 Å². The number of methoxy groups -OCH3 is 1. The second kappa shape index (κ2) is 6.62. The Bertz CT molecular complexity index is 430. The molecule has 17 heavy (non-hydrogen) atoms. The fourth-order valence-corrected chi connectivity index (χ4v) is 1.75. The summed E-state index contributed by atoms with van der Waals surface area (Å²) in [5.41, 5.74) is 1.80. The number of rotatable bonds is 5. The Morgan fingerprint density at radius 3 is 2.53 bits per heavy atom. The lowest BCUT2D eigenvalue weighted by Gasteiger charge is -2.07. The molecule has 92 valence electrons. The van der Waals surface area contributed by atoms with Gasteiger partial charge in [-0.1, -0.05) is 12.1 Å². The van der Waals surface area contributed by atoms with Crippen LogP contribution in [0.4, 0.5) is 0 Å². The lowest BCUT2D eigenvalue weighted by Crippen LogP contribution is -2.08. The van der Waals surface area contributed by atoms with Gasteiger partial charge in [0, 0.05) is 12.3 Å². The predicted octanol–water partition coefficient (Wildman–Crippen LogP) is 2.56. The molecule has 0 bridgehead atoms. The maximum Gasteiger partial charge on any atom is 0.338 e. The third kappa shape index (κ3) is 3.72. The van der Waals surface area contributed by atoms with Gasteiger partial charge in [-0.05, 0) is 17.2 Å². The lowest BCUT2D eigenvalue weighted by atomic mass is 10.0. The standard InChI is InChI=1S/C12H12Cl2O3/c1-17-12(16)11-5-8(4-10(15)7-14)2-3-9(11)6-13/h2-3,5H,4,6-7H2,1H3. The van der Waals surface area contributed by atoms with E-state index in [1.54, 1.807) is 18.2 Å². The molecule has 3 nitrogen and oxygen atoms in total. The maximum absolute atomic E-state index is 11.5. The molecular formula is C12H12Cl2O3. The molecule has 1 aromatic rings. The fourth-order valence-electron chi connectivity index (χ4n) is 1.42. The minimum absolute atomic E-state index is 0.0369. The molecule has 0 fully saturated rings. The Morgan fingerprint density at radius 1 is 1.29 bits per heavy atom. The smallest absolute Gasteiger partial charge is 0.338 e. The molecule has 0 aliphatic rings. The maximum atomic E-state index is 11.5. The molecule has 1 aromatic carbocycles. The van der Waals surface area contributed by atoms with Crippen LogP contribution in [0.1, 0.15) is 21.5 Å². The molecule has 0 aliphatic heterocycles. The number of Topliss-reactive ketones (excluding diaryl/α,β-unsaturated/α-hetero) is 1. The molecule has 0 aromatic heterocycles. The molecule has 0 radical (unpaired) electrons. The number of ether oxygens (including phenoxy) is 1. The Labute approximate surface area is 110 Å². The number of carbonyl (C=O) groups excluding carboxylic acids is 2. The van der Waals surface area contributed by atoms with E-state index in [9.17, 15) is 9.59 Å². The van der Waals surface area contributed by atoms with Gasteiger partial charge >= 0.3 is 5.97 Å². The number of carbonyl (C=O) groups is 2. The van der Waals surface area contributed by atoms with Gasteiger partial charge in [-0.25, -0.2) is 4.79 Å². The van der Waals surface area contributed by atoms with E-state index >= 15 is 0 Å². The predicted molar refractivity (Wildman–Crippen MR) is 66.8 cm³/mol. The number of alkyl halides is 2. The van der Waals surface area contributed by atoms with Gasteiger partial charge < -0.3 is 4.74 Å². The van der Waals surface area contributed by atoms with E-state index in [1.807, 2.05) is 0 Å². The summed E-state index contributed by atoms with van der Waals surface area (Å²) in [6, 6.07) is 5.10. The average Bonchev–Trinajstić information content (AvgIpc) is 2.37. The molecular weight excluding hydrogens is 263 g/mol. The van der Waals surface area contributed by atoms with Crippen molar-refractivity contribution in [3.8, 4) is 0 Å². The third-order valence-corrected chi connectivity index (χ3v) is 2.86. The molecule has 0 aliphatic carbocycles. The van der Waals surface area contributed by atoms with E-state index in [0.717, 1.165) is 5.56 Å².